The Labute approximate surface area is 161 Å². The molecule has 0 unspecified atom stereocenters. The number of nitrogens with zero attached hydrogens (tertiary/aromatic N) is 3. The van der Waals surface area contributed by atoms with Crippen LogP contribution in [0.1, 0.15) is 43.2 Å². The third-order valence-corrected chi connectivity index (χ3v) is 4.12. The van der Waals surface area contributed by atoms with Crippen molar-refractivity contribution in [3.8, 4) is 0 Å². The van der Waals surface area contributed by atoms with E-state index in [0.717, 1.165) is 25.6 Å². The SMILES string of the molecule is CCCCCCNC(=NC)N1CCN(C(=O)c2ccco2)CC1.I. The molecule has 0 atom stereocenters. The van der Waals surface area contributed by atoms with Crippen LogP contribution in [-0.4, -0.2) is 61.4 Å². The molecule has 1 aliphatic heterocycles. The molecule has 1 fully saturated rings. The Kier molecular flexibility index (Phi) is 9.82. The van der Waals surface area contributed by atoms with Crippen molar-refractivity contribution in [2.45, 2.75) is 32.6 Å². The molecule has 1 N–H and O–H groups in total. The van der Waals surface area contributed by atoms with Gasteiger partial charge in [0, 0.05) is 39.8 Å². The second-order valence-electron chi connectivity index (χ2n) is 5.79. The number of unbranched alkanes of at least 4 members (excludes halogenated alkanes) is 3. The average molecular weight is 448 g/mol. The average Bonchev–Trinajstić information content (AvgIpc) is 3.12. The predicted octanol–water partition coefficient (Wildman–Crippen LogP) is 2.81. The number of aliphatic imine (C=N–C) groups is 1. The molecular formula is C17H29IN4O2. The highest BCUT2D eigenvalue weighted by atomic mass is 127. The van der Waals surface area contributed by atoms with Gasteiger partial charge in [0.15, 0.2) is 11.7 Å². The van der Waals surface area contributed by atoms with E-state index in [2.05, 4.69) is 22.1 Å². The Morgan fingerprint density at radius 3 is 2.50 bits per heavy atom. The van der Waals surface area contributed by atoms with Crippen LogP contribution in [-0.2, 0) is 0 Å². The molecule has 0 aliphatic carbocycles. The van der Waals surface area contributed by atoms with Gasteiger partial charge in [-0.1, -0.05) is 26.2 Å². The summed E-state index contributed by atoms with van der Waals surface area (Å²) in [6.45, 7) is 6.14. The molecule has 1 saturated heterocycles. The Morgan fingerprint density at radius 2 is 1.92 bits per heavy atom. The van der Waals surface area contributed by atoms with E-state index >= 15 is 0 Å². The summed E-state index contributed by atoms with van der Waals surface area (Å²) >= 11 is 0. The number of nitrogens with one attached hydrogen (secondary N) is 1. The van der Waals surface area contributed by atoms with Gasteiger partial charge >= 0.3 is 0 Å². The van der Waals surface area contributed by atoms with E-state index in [0.29, 0.717) is 18.8 Å². The van der Waals surface area contributed by atoms with Gasteiger partial charge in [-0.2, -0.15) is 0 Å². The van der Waals surface area contributed by atoms with Crippen molar-refractivity contribution in [3.05, 3.63) is 24.2 Å². The topological polar surface area (TPSA) is 61.1 Å². The molecule has 0 aromatic carbocycles. The molecule has 0 radical (unpaired) electrons. The van der Waals surface area contributed by atoms with Crippen LogP contribution >= 0.6 is 24.0 Å². The summed E-state index contributed by atoms with van der Waals surface area (Å²) < 4.78 is 5.19. The lowest BCUT2D eigenvalue weighted by Crippen LogP contribution is -2.53. The number of carbonyl (C=O) groups excluding carboxylic acids is 1. The first-order valence-corrected chi connectivity index (χ1v) is 8.54. The van der Waals surface area contributed by atoms with E-state index in [-0.39, 0.29) is 29.9 Å². The Hall–Kier alpha value is -1.25. The molecule has 7 heteroatoms. The minimum atomic E-state index is -0.0304. The summed E-state index contributed by atoms with van der Waals surface area (Å²) in [6.07, 6.45) is 6.50. The maximum Gasteiger partial charge on any atom is 0.289 e. The number of carbonyl (C=O) groups is 1. The van der Waals surface area contributed by atoms with E-state index in [9.17, 15) is 4.79 Å². The van der Waals surface area contributed by atoms with Crippen molar-refractivity contribution in [1.29, 1.82) is 0 Å². The van der Waals surface area contributed by atoms with E-state index in [1.165, 1.54) is 31.9 Å². The van der Waals surface area contributed by atoms with Crippen LogP contribution < -0.4 is 5.32 Å². The molecule has 1 aromatic heterocycles. The van der Waals surface area contributed by atoms with Crippen LogP contribution in [0.2, 0.25) is 0 Å². The smallest absolute Gasteiger partial charge is 0.289 e. The van der Waals surface area contributed by atoms with Crippen molar-refractivity contribution in [1.82, 2.24) is 15.1 Å². The van der Waals surface area contributed by atoms with Gasteiger partial charge < -0.3 is 19.5 Å². The van der Waals surface area contributed by atoms with Gasteiger partial charge in [0.05, 0.1) is 6.26 Å². The summed E-state index contributed by atoms with van der Waals surface area (Å²) in [6, 6.07) is 3.46. The molecular weight excluding hydrogens is 419 g/mol. The largest absolute Gasteiger partial charge is 0.459 e. The molecule has 24 heavy (non-hydrogen) atoms. The van der Waals surface area contributed by atoms with Crippen LogP contribution in [0.4, 0.5) is 0 Å². The highest BCUT2D eigenvalue weighted by molar-refractivity contribution is 14.0. The molecule has 1 amide bonds. The molecule has 2 rings (SSSR count). The van der Waals surface area contributed by atoms with E-state index in [4.69, 9.17) is 4.42 Å². The Bertz CT molecular complexity index is 497. The van der Waals surface area contributed by atoms with Crippen LogP contribution in [0, 0.1) is 0 Å². The fourth-order valence-electron chi connectivity index (χ4n) is 2.76. The second-order valence-corrected chi connectivity index (χ2v) is 5.79. The van der Waals surface area contributed by atoms with Crippen molar-refractivity contribution >= 4 is 35.8 Å². The molecule has 1 aliphatic rings. The van der Waals surface area contributed by atoms with Gasteiger partial charge in [-0.25, -0.2) is 0 Å². The molecule has 2 heterocycles. The van der Waals surface area contributed by atoms with Gasteiger partial charge in [-0.05, 0) is 18.6 Å². The zero-order valence-electron chi connectivity index (χ0n) is 14.7. The molecule has 0 bridgehead atoms. The minimum absolute atomic E-state index is 0. The minimum Gasteiger partial charge on any atom is -0.459 e. The first kappa shape index (κ1) is 20.8. The lowest BCUT2D eigenvalue weighted by molar-refractivity contribution is 0.0658. The quantitative estimate of drug-likeness (QED) is 0.315. The van der Waals surface area contributed by atoms with Crippen LogP contribution in [0.25, 0.3) is 0 Å². The normalized spacial score (nSPS) is 15.2. The number of guanidine groups is 1. The van der Waals surface area contributed by atoms with Crippen LogP contribution in [0.5, 0.6) is 0 Å². The first-order valence-electron chi connectivity index (χ1n) is 8.54. The van der Waals surface area contributed by atoms with E-state index in [1.807, 2.05) is 11.9 Å². The van der Waals surface area contributed by atoms with E-state index in [1.54, 1.807) is 12.1 Å². The van der Waals surface area contributed by atoms with Gasteiger partial charge in [0.1, 0.15) is 0 Å². The van der Waals surface area contributed by atoms with Crippen molar-refractivity contribution in [3.63, 3.8) is 0 Å². The Morgan fingerprint density at radius 1 is 1.21 bits per heavy atom. The van der Waals surface area contributed by atoms with Crippen LogP contribution in [0.3, 0.4) is 0 Å². The number of hydrogen-bond donors (Lipinski definition) is 1. The number of furan rings is 1. The lowest BCUT2D eigenvalue weighted by Gasteiger charge is -2.36. The monoisotopic (exact) mass is 448 g/mol. The second kappa shape index (κ2) is 11.3. The number of rotatable bonds is 6. The molecule has 136 valence electrons. The third-order valence-electron chi connectivity index (χ3n) is 4.12. The van der Waals surface area contributed by atoms with Gasteiger partial charge in [-0.15, -0.1) is 24.0 Å². The Balaban J connectivity index is 0.00000288. The number of piperazine rings is 1. The summed E-state index contributed by atoms with van der Waals surface area (Å²) in [5, 5.41) is 3.42. The number of amides is 1. The number of hydrogen-bond acceptors (Lipinski definition) is 3. The van der Waals surface area contributed by atoms with Crippen molar-refractivity contribution in [2.24, 2.45) is 4.99 Å². The third kappa shape index (κ3) is 5.99. The molecule has 0 saturated carbocycles. The summed E-state index contributed by atoms with van der Waals surface area (Å²) in [4.78, 5) is 20.7. The van der Waals surface area contributed by atoms with Crippen molar-refractivity contribution in [2.75, 3.05) is 39.8 Å². The first-order chi connectivity index (χ1) is 11.3. The summed E-state index contributed by atoms with van der Waals surface area (Å²) in [5.74, 6) is 1.32. The summed E-state index contributed by atoms with van der Waals surface area (Å²) in [5.41, 5.74) is 0. The highest BCUT2D eigenvalue weighted by Crippen LogP contribution is 2.09. The maximum atomic E-state index is 12.2. The standard InChI is InChI=1S/C17H28N4O2.HI/c1-3-4-5-6-9-19-17(18-2)21-12-10-20(11-13-21)16(22)15-8-7-14-23-15;/h7-8,14H,3-6,9-13H2,1-2H3,(H,18,19);1H. The highest BCUT2D eigenvalue weighted by Gasteiger charge is 2.24. The van der Waals surface area contributed by atoms with Crippen molar-refractivity contribution < 1.29 is 9.21 Å². The zero-order valence-corrected chi connectivity index (χ0v) is 17.0. The van der Waals surface area contributed by atoms with E-state index < -0.39 is 0 Å². The fourth-order valence-corrected chi connectivity index (χ4v) is 2.76. The van der Waals surface area contributed by atoms with Gasteiger partial charge in [0.25, 0.3) is 5.91 Å². The maximum absolute atomic E-state index is 12.2. The molecule has 0 spiro atoms. The zero-order chi connectivity index (χ0) is 16.5. The molecule has 1 aromatic rings. The van der Waals surface area contributed by atoms with Crippen LogP contribution in [0.15, 0.2) is 27.8 Å². The molecule has 6 nitrogen and oxygen atoms in total. The van der Waals surface area contributed by atoms with Gasteiger partial charge in [-0.3, -0.25) is 9.79 Å². The summed E-state index contributed by atoms with van der Waals surface area (Å²) in [7, 11) is 1.81. The fraction of sp³-hybridized carbons (Fsp3) is 0.647. The van der Waals surface area contributed by atoms with Gasteiger partial charge in [0.2, 0.25) is 0 Å². The number of halogens is 1. The lowest BCUT2D eigenvalue weighted by atomic mass is 10.2. The predicted molar refractivity (Wildman–Crippen MR) is 107 cm³/mol.